The van der Waals surface area contributed by atoms with Crippen LogP contribution in [0.5, 0.6) is 11.5 Å². The molecule has 0 bridgehead atoms. The van der Waals surface area contributed by atoms with Gasteiger partial charge in [-0.05, 0) is 32.0 Å². The molecule has 1 aliphatic heterocycles. The first kappa shape index (κ1) is 14.6. The summed E-state index contributed by atoms with van der Waals surface area (Å²) in [5, 5.41) is 28.4. The fourth-order valence-electron chi connectivity index (χ4n) is 2.41. The second-order valence-electron chi connectivity index (χ2n) is 5.57. The van der Waals surface area contributed by atoms with Gasteiger partial charge in [-0.1, -0.05) is 0 Å². The van der Waals surface area contributed by atoms with E-state index >= 15 is 0 Å². The van der Waals surface area contributed by atoms with Crippen LogP contribution in [0.2, 0.25) is 0 Å². The molecule has 6 heteroatoms. The highest BCUT2D eigenvalue weighted by Gasteiger charge is 2.36. The van der Waals surface area contributed by atoms with Crippen molar-refractivity contribution in [3.63, 3.8) is 0 Å². The summed E-state index contributed by atoms with van der Waals surface area (Å²) in [6.45, 7) is 4.07. The Labute approximate surface area is 117 Å². The van der Waals surface area contributed by atoms with Gasteiger partial charge in [0.05, 0.1) is 23.9 Å². The number of aliphatic hydroxyl groups excluding tert-OH is 1. The number of hydrogen-bond acceptors (Lipinski definition) is 5. The molecule has 0 radical (unpaired) electrons. The predicted octanol–water partition coefficient (Wildman–Crippen LogP) is 0.710. The van der Waals surface area contributed by atoms with Crippen LogP contribution in [0.3, 0.4) is 0 Å². The number of morpholine rings is 1. The minimum Gasteiger partial charge on any atom is -0.508 e. The van der Waals surface area contributed by atoms with Crippen molar-refractivity contribution in [1.82, 2.24) is 4.90 Å². The van der Waals surface area contributed by atoms with Gasteiger partial charge in [0.2, 0.25) is 0 Å². The molecular weight excluding hydrogens is 262 g/mol. The van der Waals surface area contributed by atoms with Crippen molar-refractivity contribution in [3.8, 4) is 11.5 Å². The molecule has 6 nitrogen and oxygen atoms in total. The number of phenolic OH excluding ortho intramolecular Hbond substituents is 2. The van der Waals surface area contributed by atoms with E-state index in [0.717, 1.165) is 0 Å². The predicted molar refractivity (Wildman–Crippen MR) is 71.7 cm³/mol. The van der Waals surface area contributed by atoms with Crippen molar-refractivity contribution in [3.05, 3.63) is 23.8 Å². The van der Waals surface area contributed by atoms with E-state index in [-0.39, 0.29) is 30.2 Å². The summed E-state index contributed by atoms with van der Waals surface area (Å²) in [5.41, 5.74) is -0.535. The minimum atomic E-state index is -0.576. The minimum absolute atomic E-state index is 0.0411. The molecule has 0 aromatic heterocycles. The molecule has 2 rings (SSSR count). The van der Waals surface area contributed by atoms with Crippen LogP contribution < -0.4 is 0 Å². The van der Waals surface area contributed by atoms with E-state index < -0.39 is 17.6 Å². The lowest BCUT2D eigenvalue weighted by Crippen LogP contribution is -2.55. The second-order valence-corrected chi connectivity index (χ2v) is 5.57. The van der Waals surface area contributed by atoms with E-state index in [4.69, 9.17) is 4.74 Å². The van der Waals surface area contributed by atoms with Gasteiger partial charge in [-0.15, -0.1) is 0 Å². The van der Waals surface area contributed by atoms with Gasteiger partial charge in [0, 0.05) is 13.1 Å². The van der Waals surface area contributed by atoms with E-state index in [2.05, 4.69) is 0 Å². The SMILES string of the molecule is CC1(C)CN(C(=O)c2cc(O)ccc2O)CC(CO)O1. The number of aliphatic hydroxyl groups is 1. The Balaban J connectivity index is 2.25. The van der Waals surface area contributed by atoms with Gasteiger partial charge in [-0.25, -0.2) is 0 Å². The van der Waals surface area contributed by atoms with Crippen molar-refractivity contribution in [2.45, 2.75) is 25.6 Å². The topological polar surface area (TPSA) is 90.2 Å². The summed E-state index contributed by atoms with van der Waals surface area (Å²) >= 11 is 0. The Kier molecular flexibility index (Phi) is 3.87. The van der Waals surface area contributed by atoms with E-state index in [1.165, 1.54) is 23.1 Å². The maximum absolute atomic E-state index is 12.4. The standard InChI is InChI=1S/C14H19NO5/c1-14(2)8-15(6-10(7-16)20-14)13(19)11-5-9(17)3-4-12(11)18/h3-5,10,16-18H,6-8H2,1-2H3. The molecule has 0 aliphatic carbocycles. The fourth-order valence-corrected chi connectivity index (χ4v) is 2.41. The highest BCUT2D eigenvalue weighted by Crippen LogP contribution is 2.27. The maximum atomic E-state index is 12.4. The van der Waals surface area contributed by atoms with Gasteiger partial charge >= 0.3 is 0 Å². The number of nitrogens with zero attached hydrogens (tertiary/aromatic N) is 1. The van der Waals surface area contributed by atoms with Gasteiger partial charge in [0.15, 0.2) is 0 Å². The van der Waals surface area contributed by atoms with Gasteiger partial charge in [-0.2, -0.15) is 0 Å². The highest BCUT2D eigenvalue weighted by molar-refractivity contribution is 5.97. The molecular formula is C14H19NO5. The molecule has 3 N–H and O–H groups in total. The van der Waals surface area contributed by atoms with Crippen LogP contribution >= 0.6 is 0 Å². The van der Waals surface area contributed by atoms with Crippen LogP contribution in [0.4, 0.5) is 0 Å². The number of hydrogen-bond donors (Lipinski definition) is 3. The summed E-state index contributed by atoms with van der Waals surface area (Å²) in [5.74, 6) is -0.664. The van der Waals surface area contributed by atoms with Crippen LogP contribution in [0, 0.1) is 0 Å². The largest absolute Gasteiger partial charge is 0.508 e. The van der Waals surface area contributed by atoms with E-state index in [9.17, 15) is 20.1 Å². The number of carbonyl (C=O) groups is 1. The first-order valence-corrected chi connectivity index (χ1v) is 6.42. The molecule has 0 spiro atoms. The van der Waals surface area contributed by atoms with Crippen molar-refractivity contribution in [1.29, 1.82) is 0 Å². The molecule has 0 saturated carbocycles. The Morgan fingerprint density at radius 1 is 1.45 bits per heavy atom. The molecule has 1 fully saturated rings. The first-order chi connectivity index (χ1) is 9.32. The van der Waals surface area contributed by atoms with Crippen molar-refractivity contribution in [2.24, 2.45) is 0 Å². The van der Waals surface area contributed by atoms with Gasteiger partial charge in [0.1, 0.15) is 11.5 Å². The monoisotopic (exact) mass is 281 g/mol. The molecule has 1 amide bonds. The number of aromatic hydroxyl groups is 2. The van der Waals surface area contributed by atoms with Gasteiger partial charge in [0.25, 0.3) is 5.91 Å². The number of rotatable bonds is 2. The van der Waals surface area contributed by atoms with Crippen LogP contribution in [0.15, 0.2) is 18.2 Å². The van der Waals surface area contributed by atoms with Gasteiger partial charge in [-0.3, -0.25) is 4.79 Å². The van der Waals surface area contributed by atoms with Crippen molar-refractivity contribution < 1.29 is 24.9 Å². The zero-order valence-corrected chi connectivity index (χ0v) is 11.5. The molecule has 110 valence electrons. The Morgan fingerprint density at radius 2 is 2.15 bits per heavy atom. The number of phenols is 2. The normalized spacial score (nSPS) is 21.8. The Morgan fingerprint density at radius 3 is 2.80 bits per heavy atom. The molecule has 1 aromatic rings. The third kappa shape index (κ3) is 3.02. The molecule has 1 aromatic carbocycles. The summed E-state index contributed by atoms with van der Waals surface area (Å²) in [6.07, 6.45) is -0.456. The van der Waals surface area contributed by atoms with E-state index in [0.29, 0.717) is 6.54 Å². The third-order valence-corrected chi connectivity index (χ3v) is 3.18. The molecule has 1 heterocycles. The van der Waals surface area contributed by atoms with Crippen molar-refractivity contribution >= 4 is 5.91 Å². The highest BCUT2D eigenvalue weighted by atomic mass is 16.5. The summed E-state index contributed by atoms with van der Waals surface area (Å²) in [4.78, 5) is 14.0. The zero-order chi connectivity index (χ0) is 14.9. The molecule has 1 unspecified atom stereocenters. The molecule has 1 atom stereocenters. The zero-order valence-electron chi connectivity index (χ0n) is 11.5. The van der Waals surface area contributed by atoms with E-state index in [1.807, 2.05) is 13.8 Å². The lowest BCUT2D eigenvalue weighted by molar-refractivity contribution is -0.139. The number of carbonyl (C=O) groups excluding carboxylic acids is 1. The molecule has 1 saturated heterocycles. The smallest absolute Gasteiger partial charge is 0.257 e. The average molecular weight is 281 g/mol. The summed E-state index contributed by atoms with van der Waals surface area (Å²) < 4.78 is 5.64. The summed E-state index contributed by atoms with van der Waals surface area (Å²) in [7, 11) is 0. The summed E-state index contributed by atoms with van der Waals surface area (Å²) in [6, 6.07) is 3.82. The van der Waals surface area contributed by atoms with Crippen molar-refractivity contribution in [2.75, 3.05) is 19.7 Å². The lowest BCUT2D eigenvalue weighted by Gasteiger charge is -2.42. The fraction of sp³-hybridized carbons (Fsp3) is 0.500. The first-order valence-electron chi connectivity index (χ1n) is 6.42. The lowest BCUT2D eigenvalue weighted by atomic mass is 10.0. The molecule has 1 aliphatic rings. The van der Waals surface area contributed by atoms with Gasteiger partial charge < -0.3 is 25.0 Å². The molecule has 20 heavy (non-hydrogen) atoms. The number of amides is 1. The number of ether oxygens (including phenoxy) is 1. The third-order valence-electron chi connectivity index (χ3n) is 3.18. The van der Waals surface area contributed by atoms with Crippen LogP contribution in [-0.2, 0) is 4.74 Å². The second kappa shape index (κ2) is 5.30. The number of benzene rings is 1. The quantitative estimate of drug-likeness (QED) is 0.695. The van der Waals surface area contributed by atoms with Crippen LogP contribution in [-0.4, -0.2) is 57.5 Å². The Bertz CT molecular complexity index is 514. The van der Waals surface area contributed by atoms with Crippen LogP contribution in [0.25, 0.3) is 0 Å². The van der Waals surface area contributed by atoms with E-state index in [1.54, 1.807) is 0 Å². The maximum Gasteiger partial charge on any atom is 0.257 e. The average Bonchev–Trinajstić information content (AvgIpc) is 2.38. The van der Waals surface area contributed by atoms with Crippen LogP contribution in [0.1, 0.15) is 24.2 Å². The Hall–Kier alpha value is -1.79.